The molecule has 11 heavy (non-hydrogen) atoms. The molecule has 59 valence electrons. The van der Waals surface area contributed by atoms with Crippen molar-refractivity contribution in [3.63, 3.8) is 0 Å². The van der Waals surface area contributed by atoms with Gasteiger partial charge < -0.3 is 4.74 Å². The summed E-state index contributed by atoms with van der Waals surface area (Å²) in [6, 6.07) is 9.85. The van der Waals surface area contributed by atoms with Crippen LogP contribution in [0.5, 0.6) is 5.75 Å². The number of hydrogen-bond donors (Lipinski definition) is 0. The summed E-state index contributed by atoms with van der Waals surface area (Å²) in [5.41, 5.74) is 0. The van der Waals surface area contributed by atoms with Gasteiger partial charge in [-0.05, 0) is 12.1 Å². The van der Waals surface area contributed by atoms with Crippen molar-refractivity contribution in [1.29, 1.82) is 0 Å². The molecule has 1 aromatic rings. The fourth-order valence-electron chi connectivity index (χ4n) is 0.744. The van der Waals surface area contributed by atoms with Crippen LogP contribution in [-0.4, -0.2) is 6.61 Å². The van der Waals surface area contributed by atoms with Crippen LogP contribution in [0.25, 0.3) is 0 Å². The number of hydrogen-bond acceptors (Lipinski definition) is 1. The molecule has 1 aromatic carbocycles. The van der Waals surface area contributed by atoms with Crippen molar-refractivity contribution in [1.82, 2.24) is 0 Å². The van der Waals surface area contributed by atoms with Crippen LogP contribution in [0.15, 0.2) is 30.3 Å². The Balaban J connectivity index is 2.39. The largest absolute Gasteiger partial charge is 0.493 e. The van der Waals surface area contributed by atoms with Gasteiger partial charge in [0.1, 0.15) is 5.75 Å². The van der Waals surface area contributed by atoms with Gasteiger partial charge in [-0.15, -0.1) is 0 Å². The first-order valence-corrected chi connectivity index (χ1v) is 3.76. The minimum absolute atomic E-state index is 0.712. The molecule has 1 radical (unpaired) electrons. The zero-order chi connectivity index (χ0) is 8.10. The van der Waals surface area contributed by atoms with Gasteiger partial charge in [0.25, 0.3) is 0 Å². The molecule has 0 aliphatic heterocycles. The molecule has 0 aliphatic rings. The van der Waals surface area contributed by atoms with E-state index in [0.717, 1.165) is 5.75 Å². The highest BCUT2D eigenvalue weighted by molar-refractivity contribution is 5.21. The predicted octanol–water partition coefficient (Wildman–Crippen LogP) is 2.68. The fraction of sp³-hybridized carbons (Fsp3) is 0.300. The molecule has 0 bridgehead atoms. The third-order valence-corrected chi connectivity index (χ3v) is 1.27. The Hall–Kier alpha value is -0.980. The first kappa shape index (κ1) is 8.12. The highest BCUT2D eigenvalue weighted by atomic mass is 16.5. The number of para-hydroxylation sites is 1. The van der Waals surface area contributed by atoms with E-state index < -0.39 is 0 Å². The zero-order valence-corrected chi connectivity index (χ0v) is 7.00. The lowest BCUT2D eigenvalue weighted by molar-refractivity contribution is 0.332. The molecule has 1 heteroatoms. The molecule has 0 atom stereocenters. The van der Waals surface area contributed by atoms with E-state index in [1.165, 1.54) is 5.92 Å². The zero-order valence-electron chi connectivity index (χ0n) is 7.00. The van der Waals surface area contributed by atoms with Crippen molar-refractivity contribution < 1.29 is 4.74 Å². The summed E-state index contributed by atoms with van der Waals surface area (Å²) in [6.45, 7) is 4.83. The van der Waals surface area contributed by atoms with E-state index in [1.54, 1.807) is 0 Å². The SMILES string of the molecule is C[C](C)COc1ccccc1. The minimum atomic E-state index is 0.712. The number of benzene rings is 1. The van der Waals surface area contributed by atoms with E-state index in [-0.39, 0.29) is 0 Å². The van der Waals surface area contributed by atoms with Gasteiger partial charge in [-0.1, -0.05) is 32.0 Å². The quantitative estimate of drug-likeness (QED) is 0.642. The Bertz CT molecular complexity index is 191. The Kier molecular flexibility index (Phi) is 2.96. The van der Waals surface area contributed by atoms with Gasteiger partial charge in [-0.2, -0.15) is 0 Å². The Labute approximate surface area is 68.0 Å². The van der Waals surface area contributed by atoms with E-state index in [0.29, 0.717) is 6.61 Å². The Morgan fingerprint density at radius 1 is 1.18 bits per heavy atom. The molecule has 0 spiro atoms. The van der Waals surface area contributed by atoms with E-state index >= 15 is 0 Å². The van der Waals surface area contributed by atoms with Crippen molar-refractivity contribution in [3.05, 3.63) is 36.2 Å². The number of rotatable bonds is 3. The maximum absolute atomic E-state index is 5.43. The van der Waals surface area contributed by atoms with E-state index in [4.69, 9.17) is 4.74 Å². The van der Waals surface area contributed by atoms with Gasteiger partial charge in [0.15, 0.2) is 0 Å². The standard InChI is InChI=1S/C10H13O/c1-9(2)8-11-10-6-4-3-5-7-10/h3-7H,8H2,1-2H3. The summed E-state index contributed by atoms with van der Waals surface area (Å²) >= 11 is 0. The summed E-state index contributed by atoms with van der Waals surface area (Å²) in [7, 11) is 0. The summed E-state index contributed by atoms with van der Waals surface area (Å²) in [5.74, 6) is 2.22. The highest BCUT2D eigenvalue weighted by Crippen LogP contribution is 2.09. The molecule has 0 heterocycles. The third-order valence-electron chi connectivity index (χ3n) is 1.27. The van der Waals surface area contributed by atoms with Crippen LogP contribution >= 0.6 is 0 Å². The second-order valence-electron chi connectivity index (χ2n) is 2.81. The van der Waals surface area contributed by atoms with Crippen LogP contribution in [0.4, 0.5) is 0 Å². The van der Waals surface area contributed by atoms with Gasteiger partial charge in [0.2, 0.25) is 0 Å². The lowest BCUT2D eigenvalue weighted by Gasteiger charge is -2.06. The van der Waals surface area contributed by atoms with Gasteiger partial charge >= 0.3 is 0 Å². The van der Waals surface area contributed by atoms with Crippen molar-refractivity contribution in [2.24, 2.45) is 0 Å². The number of ether oxygens (including phenoxy) is 1. The smallest absolute Gasteiger partial charge is 0.119 e. The lowest BCUT2D eigenvalue weighted by atomic mass is 10.2. The minimum Gasteiger partial charge on any atom is -0.493 e. The summed E-state index contributed by atoms with van der Waals surface area (Å²) in [5, 5.41) is 0. The second-order valence-corrected chi connectivity index (χ2v) is 2.81. The average Bonchev–Trinajstić information content (AvgIpc) is 2.03. The molecule has 0 aromatic heterocycles. The Morgan fingerprint density at radius 3 is 2.36 bits per heavy atom. The van der Waals surface area contributed by atoms with E-state index in [1.807, 2.05) is 30.3 Å². The van der Waals surface area contributed by atoms with Gasteiger partial charge in [-0.3, -0.25) is 0 Å². The monoisotopic (exact) mass is 149 g/mol. The molecule has 1 rings (SSSR count). The maximum atomic E-state index is 5.43. The lowest BCUT2D eigenvalue weighted by Crippen LogP contribution is -2.02. The normalized spacial score (nSPS) is 10.1. The van der Waals surface area contributed by atoms with Crippen molar-refractivity contribution in [2.45, 2.75) is 13.8 Å². The van der Waals surface area contributed by atoms with Crippen LogP contribution in [0, 0.1) is 5.92 Å². The highest BCUT2D eigenvalue weighted by Gasteiger charge is 1.94. The summed E-state index contributed by atoms with van der Waals surface area (Å²) in [6.07, 6.45) is 0. The topological polar surface area (TPSA) is 9.23 Å². The molecule has 0 fully saturated rings. The Morgan fingerprint density at radius 2 is 1.82 bits per heavy atom. The summed E-state index contributed by atoms with van der Waals surface area (Å²) in [4.78, 5) is 0. The second kappa shape index (κ2) is 4.02. The third kappa shape index (κ3) is 3.08. The van der Waals surface area contributed by atoms with Gasteiger partial charge in [0, 0.05) is 5.92 Å². The van der Waals surface area contributed by atoms with Crippen LogP contribution in [0.1, 0.15) is 13.8 Å². The van der Waals surface area contributed by atoms with Crippen LogP contribution in [0.3, 0.4) is 0 Å². The van der Waals surface area contributed by atoms with E-state index in [2.05, 4.69) is 13.8 Å². The van der Waals surface area contributed by atoms with Gasteiger partial charge in [-0.25, -0.2) is 0 Å². The molecule has 0 saturated carbocycles. The van der Waals surface area contributed by atoms with Crippen LogP contribution in [-0.2, 0) is 0 Å². The predicted molar refractivity (Wildman–Crippen MR) is 46.5 cm³/mol. The van der Waals surface area contributed by atoms with Crippen molar-refractivity contribution >= 4 is 0 Å². The molecule has 1 nitrogen and oxygen atoms in total. The molecule has 0 amide bonds. The van der Waals surface area contributed by atoms with E-state index in [9.17, 15) is 0 Å². The maximum Gasteiger partial charge on any atom is 0.119 e. The molecular weight excluding hydrogens is 136 g/mol. The summed E-state index contributed by atoms with van der Waals surface area (Å²) < 4.78 is 5.43. The molecule has 0 unspecified atom stereocenters. The molecule has 0 N–H and O–H groups in total. The fourth-order valence-corrected chi connectivity index (χ4v) is 0.744. The average molecular weight is 149 g/mol. The van der Waals surface area contributed by atoms with Gasteiger partial charge in [0.05, 0.1) is 6.61 Å². The van der Waals surface area contributed by atoms with Crippen molar-refractivity contribution in [3.8, 4) is 5.75 Å². The van der Waals surface area contributed by atoms with Crippen molar-refractivity contribution in [2.75, 3.05) is 6.61 Å². The molecular formula is C10H13O. The van der Waals surface area contributed by atoms with Crippen LogP contribution in [0.2, 0.25) is 0 Å². The first-order valence-electron chi connectivity index (χ1n) is 3.76. The van der Waals surface area contributed by atoms with Crippen LogP contribution < -0.4 is 4.74 Å². The molecule has 0 aliphatic carbocycles. The molecule has 0 saturated heterocycles. The first-order chi connectivity index (χ1) is 5.29.